The summed E-state index contributed by atoms with van der Waals surface area (Å²) in [5.41, 5.74) is 0. The van der Waals surface area contributed by atoms with Crippen molar-refractivity contribution in [2.24, 2.45) is 5.84 Å². The first-order valence-corrected chi connectivity index (χ1v) is 4.90. The Morgan fingerprint density at radius 3 is 2.43 bits per heavy atom. The lowest BCUT2D eigenvalue weighted by atomic mass is 10.2. The van der Waals surface area contributed by atoms with E-state index in [9.17, 15) is 0 Å². The molecule has 0 aliphatic carbocycles. The zero-order valence-corrected chi connectivity index (χ0v) is 9.40. The Bertz CT molecular complexity index is 153. The molecular formula is C10H22N2O2. The highest BCUT2D eigenvalue weighted by Crippen LogP contribution is 2.07. The van der Waals surface area contributed by atoms with Crippen LogP contribution in [0.25, 0.3) is 0 Å². The van der Waals surface area contributed by atoms with Gasteiger partial charge in [0.1, 0.15) is 6.10 Å². The fourth-order valence-corrected chi connectivity index (χ4v) is 1.26. The summed E-state index contributed by atoms with van der Waals surface area (Å²) in [6.07, 6.45) is 3.39. The summed E-state index contributed by atoms with van der Waals surface area (Å²) in [5, 5.41) is 1.65. The summed E-state index contributed by atoms with van der Waals surface area (Å²) in [6.45, 7) is 6.59. The van der Waals surface area contributed by atoms with E-state index >= 15 is 0 Å². The van der Waals surface area contributed by atoms with Crippen molar-refractivity contribution in [2.75, 3.05) is 20.8 Å². The highest BCUT2D eigenvalue weighted by Gasteiger charge is 2.22. The monoisotopic (exact) mass is 202 g/mol. The molecule has 0 aromatic carbocycles. The number of hydrazine groups is 1. The van der Waals surface area contributed by atoms with Gasteiger partial charge in [0.05, 0.1) is 0 Å². The minimum atomic E-state index is -0.260. The fraction of sp³-hybridized carbons (Fsp3) is 0.800. The molecule has 0 radical (unpaired) electrons. The Labute approximate surface area is 86.6 Å². The zero-order chi connectivity index (χ0) is 11.0. The second-order valence-corrected chi connectivity index (χ2v) is 3.15. The molecule has 0 amide bonds. The van der Waals surface area contributed by atoms with Gasteiger partial charge >= 0.3 is 0 Å². The number of nitrogens with two attached hydrogens (primary N) is 1. The third kappa shape index (κ3) is 4.19. The molecule has 0 aliphatic rings. The molecule has 0 saturated carbocycles. The van der Waals surface area contributed by atoms with Crippen molar-refractivity contribution in [1.29, 1.82) is 0 Å². The van der Waals surface area contributed by atoms with Crippen molar-refractivity contribution in [1.82, 2.24) is 5.01 Å². The Hall–Kier alpha value is -0.420. The first-order chi connectivity index (χ1) is 6.71. The molecule has 0 spiro atoms. The predicted octanol–water partition coefficient (Wildman–Crippen LogP) is 1.14. The van der Waals surface area contributed by atoms with Crippen LogP contribution in [0.3, 0.4) is 0 Å². The van der Waals surface area contributed by atoms with Crippen LogP contribution in [0.1, 0.15) is 19.8 Å². The van der Waals surface area contributed by atoms with Gasteiger partial charge in [0.2, 0.25) is 0 Å². The number of rotatable bonds is 8. The summed E-state index contributed by atoms with van der Waals surface area (Å²) in [7, 11) is 3.23. The quantitative estimate of drug-likeness (QED) is 0.277. The summed E-state index contributed by atoms with van der Waals surface area (Å²) in [6, 6.07) is 0. The maximum absolute atomic E-state index is 5.85. The molecule has 4 nitrogen and oxygen atoms in total. The van der Waals surface area contributed by atoms with Gasteiger partial charge in [-0.25, -0.2) is 5.01 Å². The van der Waals surface area contributed by atoms with E-state index in [1.165, 1.54) is 0 Å². The molecule has 4 heteroatoms. The molecule has 0 aliphatic heterocycles. The number of methoxy groups -OCH3 is 2. The number of hydrogen-bond donors (Lipinski definition) is 1. The summed E-state index contributed by atoms with van der Waals surface area (Å²) in [4.78, 5) is 0. The predicted molar refractivity (Wildman–Crippen MR) is 57.6 cm³/mol. The minimum absolute atomic E-state index is 0.193. The normalized spacial score (nSPS) is 15.5. The fourth-order valence-electron chi connectivity index (χ4n) is 1.26. The van der Waals surface area contributed by atoms with E-state index < -0.39 is 0 Å². The van der Waals surface area contributed by atoms with Gasteiger partial charge in [-0.05, 0) is 6.42 Å². The van der Waals surface area contributed by atoms with Crippen LogP contribution in [-0.4, -0.2) is 38.1 Å². The van der Waals surface area contributed by atoms with Gasteiger partial charge in [0.15, 0.2) is 6.23 Å². The third-order valence-electron chi connectivity index (χ3n) is 2.12. The lowest BCUT2D eigenvalue weighted by Crippen LogP contribution is -2.49. The van der Waals surface area contributed by atoms with Crippen molar-refractivity contribution < 1.29 is 9.47 Å². The largest absolute Gasteiger partial charge is 0.373 e. The Morgan fingerprint density at radius 1 is 1.43 bits per heavy atom. The molecule has 0 saturated heterocycles. The molecule has 0 rings (SSSR count). The number of nitrogens with zero attached hydrogens (tertiary/aromatic N) is 1. The molecule has 0 bridgehead atoms. The first kappa shape index (κ1) is 13.6. The highest BCUT2D eigenvalue weighted by atomic mass is 16.5. The Balaban J connectivity index is 4.14. The average Bonchev–Trinajstić information content (AvgIpc) is 2.22. The SMILES string of the molecule is C=CC(OC)C(OC)N(N)CCCC. The number of ether oxygens (including phenoxy) is 2. The maximum Gasteiger partial charge on any atom is 0.152 e. The molecular weight excluding hydrogens is 180 g/mol. The van der Waals surface area contributed by atoms with E-state index in [4.69, 9.17) is 15.3 Å². The second kappa shape index (κ2) is 7.94. The van der Waals surface area contributed by atoms with Crippen LogP contribution in [0, 0.1) is 0 Å². The summed E-state index contributed by atoms with van der Waals surface area (Å²) < 4.78 is 10.4. The molecule has 14 heavy (non-hydrogen) atoms. The van der Waals surface area contributed by atoms with Crippen molar-refractivity contribution in [3.8, 4) is 0 Å². The Morgan fingerprint density at radius 2 is 2.07 bits per heavy atom. The summed E-state index contributed by atoms with van der Waals surface area (Å²) >= 11 is 0. The van der Waals surface area contributed by atoms with Gasteiger partial charge in [-0.15, -0.1) is 6.58 Å². The standard InChI is InChI=1S/C10H22N2O2/c1-5-7-8-12(11)10(14-4)9(6-2)13-3/h6,9-10H,2,5,7-8,11H2,1,3-4H3. The van der Waals surface area contributed by atoms with E-state index in [2.05, 4.69) is 13.5 Å². The smallest absolute Gasteiger partial charge is 0.152 e. The van der Waals surface area contributed by atoms with E-state index in [0.717, 1.165) is 19.4 Å². The van der Waals surface area contributed by atoms with Gasteiger partial charge in [-0.3, -0.25) is 5.84 Å². The third-order valence-corrected chi connectivity index (χ3v) is 2.12. The number of unbranched alkanes of at least 4 members (excludes halogenated alkanes) is 1. The second-order valence-electron chi connectivity index (χ2n) is 3.15. The van der Waals surface area contributed by atoms with E-state index in [0.29, 0.717) is 0 Å². The average molecular weight is 202 g/mol. The molecule has 2 N–H and O–H groups in total. The van der Waals surface area contributed by atoms with Gasteiger partial charge in [-0.1, -0.05) is 19.4 Å². The van der Waals surface area contributed by atoms with Gasteiger partial charge < -0.3 is 9.47 Å². The van der Waals surface area contributed by atoms with Crippen LogP contribution in [0.5, 0.6) is 0 Å². The summed E-state index contributed by atoms with van der Waals surface area (Å²) in [5.74, 6) is 5.85. The van der Waals surface area contributed by atoms with E-state index in [-0.39, 0.29) is 12.3 Å². The van der Waals surface area contributed by atoms with Crippen LogP contribution >= 0.6 is 0 Å². The van der Waals surface area contributed by atoms with Crippen LogP contribution in [0.15, 0.2) is 12.7 Å². The van der Waals surface area contributed by atoms with Crippen molar-refractivity contribution in [2.45, 2.75) is 32.1 Å². The molecule has 0 heterocycles. The van der Waals surface area contributed by atoms with Crippen LogP contribution < -0.4 is 5.84 Å². The van der Waals surface area contributed by atoms with Crippen LogP contribution in [0.2, 0.25) is 0 Å². The highest BCUT2D eigenvalue weighted by molar-refractivity contribution is 4.85. The van der Waals surface area contributed by atoms with E-state index in [1.807, 2.05) is 0 Å². The van der Waals surface area contributed by atoms with Gasteiger partial charge in [0, 0.05) is 20.8 Å². The van der Waals surface area contributed by atoms with Crippen LogP contribution in [-0.2, 0) is 9.47 Å². The molecule has 84 valence electrons. The van der Waals surface area contributed by atoms with E-state index in [1.54, 1.807) is 25.3 Å². The molecule has 0 aromatic rings. The van der Waals surface area contributed by atoms with Gasteiger partial charge in [0.25, 0.3) is 0 Å². The van der Waals surface area contributed by atoms with Gasteiger partial charge in [-0.2, -0.15) is 0 Å². The molecule has 0 fully saturated rings. The maximum atomic E-state index is 5.85. The Kier molecular flexibility index (Phi) is 7.70. The van der Waals surface area contributed by atoms with Crippen molar-refractivity contribution in [3.05, 3.63) is 12.7 Å². The van der Waals surface area contributed by atoms with Crippen molar-refractivity contribution >= 4 is 0 Å². The first-order valence-electron chi connectivity index (χ1n) is 4.90. The molecule has 2 unspecified atom stereocenters. The minimum Gasteiger partial charge on any atom is -0.373 e. The van der Waals surface area contributed by atoms with Crippen LogP contribution in [0.4, 0.5) is 0 Å². The molecule has 0 aromatic heterocycles. The van der Waals surface area contributed by atoms with Crippen molar-refractivity contribution in [3.63, 3.8) is 0 Å². The lowest BCUT2D eigenvalue weighted by Gasteiger charge is -2.30. The topological polar surface area (TPSA) is 47.7 Å². The molecule has 2 atom stereocenters. The number of hydrogen-bond acceptors (Lipinski definition) is 4. The zero-order valence-electron chi connectivity index (χ0n) is 9.40. The lowest BCUT2D eigenvalue weighted by molar-refractivity contribution is -0.103.